The van der Waals surface area contributed by atoms with Crippen LogP contribution in [0.15, 0.2) is 30.3 Å². The largest absolute Gasteiger partial charge is 0.345 e. The number of rotatable bonds is 4. The van der Waals surface area contributed by atoms with E-state index < -0.39 is 30.3 Å². The lowest BCUT2D eigenvalue weighted by Crippen LogP contribution is -2.42. The molecule has 2 N–H and O–H groups in total. The molecule has 0 aromatic heterocycles. The van der Waals surface area contributed by atoms with Gasteiger partial charge in [0.15, 0.2) is 12.1 Å². The van der Waals surface area contributed by atoms with Gasteiger partial charge in [-0.1, -0.05) is 30.3 Å². The summed E-state index contributed by atoms with van der Waals surface area (Å²) in [5, 5.41) is 9.05. The highest BCUT2D eigenvalue weighted by Gasteiger charge is 2.57. The smallest absolute Gasteiger partial charge is 0.187 e. The quantitative estimate of drug-likeness (QED) is 0.902. The molecule has 0 amide bonds. The van der Waals surface area contributed by atoms with Crippen molar-refractivity contribution in [2.75, 3.05) is 0 Å². The number of nitrogens with zero attached hydrogens (tertiary/aromatic N) is 1. The average molecular weight is 304 g/mol. The predicted octanol–water partition coefficient (Wildman–Crippen LogP) is 1.30. The molecule has 2 aliphatic heterocycles. The van der Waals surface area contributed by atoms with Crippen LogP contribution in [0.5, 0.6) is 0 Å². The van der Waals surface area contributed by atoms with E-state index in [1.807, 2.05) is 50.2 Å². The molecule has 0 bridgehead atoms. The highest BCUT2D eigenvalue weighted by molar-refractivity contribution is 5.13. The van der Waals surface area contributed by atoms with Crippen molar-refractivity contribution < 1.29 is 18.9 Å². The summed E-state index contributed by atoms with van der Waals surface area (Å²) in [7, 11) is 0. The zero-order chi connectivity index (χ0) is 15.7. The van der Waals surface area contributed by atoms with Gasteiger partial charge in [-0.15, -0.1) is 0 Å². The van der Waals surface area contributed by atoms with E-state index >= 15 is 0 Å². The summed E-state index contributed by atoms with van der Waals surface area (Å²) in [4.78, 5) is 0. The Kier molecular flexibility index (Phi) is 4.17. The molecule has 5 atom stereocenters. The molecular formula is C16H20N2O4. The molecular weight excluding hydrogens is 284 g/mol. The van der Waals surface area contributed by atoms with Gasteiger partial charge in [-0.2, -0.15) is 5.26 Å². The maximum atomic E-state index is 9.05. The number of benzene rings is 1. The molecule has 0 saturated carbocycles. The summed E-state index contributed by atoms with van der Waals surface area (Å²) in [6.45, 7) is 4.05. The Labute approximate surface area is 129 Å². The van der Waals surface area contributed by atoms with Crippen molar-refractivity contribution in [1.29, 1.82) is 5.26 Å². The van der Waals surface area contributed by atoms with E-state index in [2.05, 4.69) is 0 Å². The molecule has 118 valence electrons. The molecule has 0 aliphatic carbocycles. The summed E-state index contributed by atoms with van der Waals surface area (Å²) in [6, 6.07) is 11.0. The van der Waals surface area contributed by atoms with E-state index in [0.29, 0.717) is 6.61 Å². The van der Waals surface area contributed by atoms with Gasteiger partial charge in [0.2, 0.25) is 0 Å². The minimum atomic E-state index is -0.782. The molecule has 2 saturated heterocycles. The summed E-state index contributed by atoms with van der Waals surface area (Å²) in [5.41, 5.74) is 6.85. The molecule has 1 aromatic carbocycles. The van der Waals surface area contributed by atoms with E-state index in [-0.39, 0.29) is 6.10 Å². The Hall–Kier alpha value is -1.49. The predicted molar refractivity (Wildman–Crippen MR) is 77.3 cm³/mol. The summed E-state index contributed by atoms with van der Waals surface area (Å²) >= 11 is 0. The Morgan fingerprint density at radius 1 is 1.27 bits per heavy atom. The highest BCUT2D eigenvalue weighted by Crippen LogP contribution is 2.40. The highest BCUT2D eigenvalue weighted by atomic mass is 16.8. The SMILES string of the molecule is CC1(C)O[C@@H]2[C@H](O1)[C@@H](OCc1ccccc1)O[C@@H]2[C@@H](N)C#N. The number of ether oxygens (including phenoxy) is 4. The van der Waals surface area contributed by atoms with Gasteiger partial charge in [0.1, 0.15) is 24.4 Å². The van der Waals surface area contributed by atoms with Gasteiger partial charge >= 0.3 is 0 Å². The molecule has 2 heterocycles. The van der Waals surface area contributed by atoms with E-state index in [9.17, 15) is 0 Å². The van der Waals surface area contributed by atoms with Gasteiger partial charge < -0.3 is 24.7 Å². The lowest BCUT2D eigenvalue weighted by atomic mass is 10.1. The number of nitrogens with two attached hydrogens (primary N) is 1. The fourth-order valence-electron chi connectivity index (χ4n) is 2.84. The van der Waals surface area contributed by atoms with Gasteiger partial charge in [-0.05, 0) is 19.4 Å². The molecule has 2 fully saturated rings. The Balaban J connectivity index is 1.70. The second-order valence-corrected chi connectivity index (χ2v) is 5.99. The number of fused-ring (bicyclic) bond motifs is 1. The van der Waals surface area contributed by atoms with Crippen LogP contribution >= 0.6 is 0 Å². The molecule has 0 radical (unpaired) electrons. The molecule has 1 aromatic rings. The first-order valence-corrected chi connectivity index (χ1v) is 7.32. The van der Waals surface area contributed by atoms with Crippen molar-refractivity contribution in [3.8, 4) is 6.07 Å². The Morgan fingerprint density at radius 3 is 2.64 bits per heavy atom. The first-order chi connectivity index (χ1) is 10.5. The molecule has 2 aliphatic rings. The topological polar surface area (TPSA) is 86.7 Å². The lowest BCUT2D eigenvalue weighted by molar-refractivity contribution is -0.236. The van der Waals surface area contributed by atoms with Crippen LogP contribution in [0.2, 0.25) is 0 Å². The first-order valence-electron chi connectivity index (χ1n) is 7.32. The minimum Gasteiger partial charge on any atom is -0.345 e. The van der Waals surface area contributed by atoms with E-state index in [1.54, 1.807) is 0 Å². The maximum Gasteiger partial charge on any atom is 0.187 e. The molecule has 6 nitrogen and oxygen atoms in total. The van der Waals surface area contributed by atoms with Crippen LogP contribution < -0.4 is 5.73 Å². The summed E-state index contributed by atoms with van der Waals surface area (Å²) < 4.78 is 23.3. The zero-order valence-corrected chi connectivity index (χ0v) is 12.6. The van der Waals surface area contributed by atoms with Gasteiger partial charge in [0.05, 0.1) is 12.7 Å². The van der Waals surface area contributed by atoms with Crippen molar-refractivity contribution in [1.82, 2.24) is 0 Å². The monoisotopic (exact) mass is 304 g/mol. The third kappa shape index (κ3) is 3.00. The first kappa shape index (κ1) is 15.4. The van der Waals surface area contributed by atoms with Crippen LogP contribution in [-0.4, -0.2) is 36.4 Å². The standard InChI is InChI=1S/C16H20N2O4/c1-16(2)21-13-12(11(18)8-17)20-15(14(13)22-16)19-9-10-6-4-3-5-7-10/h3-7,11-15H,9,18H2,1-2H3/t11-,12+,13-,14-,15-/m0/s1. The Morgan fingerprint density at radius 2 is 1.95 bits per heavy atom. The van der Waals surface area contributed by atoms with E-state index in [0.717, 1.165) is 5.56 Å². The minimum absolute atomic E-state index is 0.386. The molecule has 3 rings (SSSR count). The van der Waals surface area contributed by atoms with Gasteiger partial charge in [0.25, 0.3) is 0 Å². The van der Waals surface area contributed by atoms with Crippen molar-refractivity contribution in [3.63, 3.8) is 0 Å². The van der Waals surface area contributed by atoms with Crippen molar-refractivity contribution >= 4 is 0 Å². The van der Waals surface area contributed by atoms with Gasteiger partial charge in [0, 0.05) is 0 Å². The Bertz CT molecular complexity index is 557. The van der Waals surface area contributed by atoms with Crippen molar-refractivity contribution in [3.05, 3.63) is 35.9 Å². The molecule has 0 spiro atoms. The number of hydrogen-bond acceptors (Lipinski definition) is 6. The second-order valence-electron chi connectivity index (χ2n) is 5.99. The van der Waals surface area contributed by atoms with Crippen LogP contribution in [0.4, 0.5) is 0 Å². The lowest BCUT2D eigenvalue weighted by Gasteiger charge is -2.24. The molecule has 22 heavy (non-hydrogen) atoms. The van der Waals surface area contributed by atoms with Crippen molar-refractivity contribution in [2.24, 2.45) is 5.73 Å². The van der Waals surface area contributed by atoms with Crippen LogP contribution in [0.3, 0.4) is 0 Å². The van der Waals surface area contributed by atoms with Gasteiger partial charge in [-0.3, -0.25) is 0 Å². The normalized spacial score (nSPS) is 34.1. The number of nitriles is 1. The zero-order valence-electron chi connectivity index (χ0n) is 12.6. The molecule has 6 heteroatoms. The van der Waals surface area contributed by atoms with Crippen LogP contribution in [0.25, 0.3) is 0 Å². The summed E-state index contributed by atoms with van der Waals surface area (Å²) in [6.07, 6.45) is -1.94. The van der Waals surface area contributed by atoms with Crippen LogP contribution in [-0.2, 0) is 25.6 Å². The summed E-state index contributed by atoms with van der Waals surface area (Å²) in [5.74, 6) is -0.735. The van der Waals surface area contributed by atoms with Crippen LogP contribution in [0, 0.1) is 11.3 Å². The average Bonchev–Trinajstić information content (AvgIpc) is 2.99. The van der Waals surface area contributed by atoms with Gasteiger partial charge in [-0.25, -0.2) is 0 Å². The fraction of sp³-hybridized carbons (Fsp3) is 0.562. The molecule has 0 unspecified atom stereocenters. The van der Waals surface area contributed by atoms with E-state index in [4.69, 9.17) is 29.9 Å². The fourth-order valence-corrected chi connectivity index (χ4v) is 2.84. The maximum absolute atomic E-state index is 9.05. The van der Waals surface area contributed by atoms with Crippen molar-refractivity contribution in [2.45, 2.75) is 56.9 Å². The number of hydrogen-bond donors (Lipinski definition) is 1. The third-order valence-electron chi connectivity index (χ3n) is 3.81. The second kappa shape index (κ2) is 5.95. The van der Waals surface area contributed by atoms with Crippen LogP contribution in [0.1, 0.15) is 19.4 Å². The van der Waals surface area contributed by atoms with E-state index in [1.165, 1.54) is 0 Å². The third-order valence-corrected chi connectivity index (χ3v) is 3.81.